The molecule has 1 amide bonds. The lowest BCUT2D eigenvalue weighted by Crippen LogP contribution is -2.28. The highest BCUT2D eigenvalue weighted by atomic mass is 32.1. The Morgan fingerprint density at radius 3 is 2.88 bits per heavy atom. The van der Waals surface area contributed by atoms with E-state index >= 15 is 0 Å². The Bertz CT molecular complexity index is 351. The zero-order valence-electron chi connectivity index (χ0n) is 10.1. The molecular weight excluding hydrogens is 222 g/mol. The molecule has 1 aromatic rings. The van der Waals surface area contributed by atoms with E-state index in [1.165, 1.54) is 0 Å². The second-order valence-corrected chi connectivity index (χ2v) is 5.46. The third kappa shape index (κ3) is 3.90. The molecule has 16 heavy (non-hydrogen) atoms. The molecule has 0 spiro atoms. The van der Waals surface area contributed by atoms with E-state index in [-0.39, 0.29) is 11.8 Å². The van der Waals surface area contributed by atoms with E-state index in [1.54, 1.807) is 16.2 Å². The quantitative estimate of drug-likeness (QED) is 0.847. The van der Waals surface area contributed by atoms with E-state index in [2.05, 4.69) is 4.98 Å². The van der Waals surface area contributed by atoms with Crippen LogP contribution in [0.3, 0.4) is 0 Å². The molecule has 1 rings (SSSR count). The Morgan fingerprint density at radius 2 is 2.38 bits per heavy atom. The van der Waals surface area contributed by atoms with Gasteiger partial charge in [-0.05, 0) is 19.4 Å². The zero-order valence-corrected chi connectivity index (χ0v) is 10.9. The number of thiazole rings is 1. The van der Waals surface area contributed by atoms with Gasteiger partial charge in [0.25, 0.3) is 0 Å². The lowest BCUT2D eigenvalue weighted by atomic mass is 10.1. The number of aryl methyl sites for hydroxylation is 1. The summed E-state index contributed by atoms with van der Waals surface area (Å²) in [6.45, 7) is 5.15. The van der Waals surface area contributed by atoms with Crippen LogP contribution in [-0.2, 0) is 11.3 Å². The maximum absolute atomic E-state index is 11.8. The smallest absolute Gasteiger partial charge is 0.222 e. The van der Waals surface area contributed by atoms with E-state index in [1.807, 2.05) is 27.1 Å². The van der Waals surface area contributed by atoms with Crippen molar-refractivity contribution in [3.8, 4) is 0 Å². The van der Waals surface area contributed by atoms with E-state index < -0.39 is 0 Å². The first-order valence-electron chi connectivity index (χ1n) is 5.38. The van der Waals surface area contributed by atoms with Crippen molar-refractivity contribution < 1.29 is 4.79 Å². The molecule has 1 aromatic heterocycles. The Kier molecular flexibility index (Phi) is 4.89. The van der Waals surface area contributed by atoms with Crippen molar-refractivity contribution in [3.05, 3.63) is 16.1 Å². The van der Waals surface area contributed by atoms with Crippen molar-refractivity contribution in [3.63, 3.8) is 0 Å². The minimum Gasteiger partial charge on any atom is -0.341 e. The van der Waals surface area contributed by atoms with Crippen LogP contribution in [0, 0.1) is 12.8 Å². The predicted molar refractivity (Wildman–Crippen MR) is 66.2 cm³/mol. The molecule has 0 saturated carbocycles. The number of aromatic nitrogens is 1. The number of nitrogens with zero attached hydrogens (tertiary/aromatic N) is 2. The normalized spacial score (nSPS) is 12.5. The SMILES string of the molecule is Cc1ncc(CN(C)C(=O)CC(C)CN)s1. The molecule has 1 atom stereocenters. The van der Waals surface area contributed by atoms with Crippen LogP contribution in [0.25, 0.3) is 0 Å². The van der Waals surface area contributed by atoms with Crippen LogP contribution in [0.1, 0.15) is 23.2 Å². The van der Waals surface area contributed by atoms with Gasteiger partial charge in [0.05, 0.1) is 11.6 Å². The molecule has 0 aromatic carbocycles. The van der Waals surface area contributed by atoms with E-state index in [9.17, 15) is 4.79 Å². The zero-order chi connectivity index (χ0) is 12.1. The second-order valence-electron chi connectivity index (χ2n) is 4.14. The van der Waals surface area contributed by atoms with Gasteiger partial charge in [-0.3, -0.25) is 4.79 Å². The van der Waals surface area contributed by atoms with Crippen molar-refractivity contribution in [2.24, 2.45) is 11.7 Å². The molecular formula is C11H19N3OS. The topological polar surface area (TPSA) is 59.2 Å². The third-order valence-corrected chi connectivity index (χ3v) is 3.31. The second kappa shape index (κ2) is 5.96. The third-order valence-electron chi connectivity index (χ3n) is 2.41. The Morgan fingerprint density at radius 1 is 1.69 bits per heavy atom. The van der Waals surface area contributed by atoms with Crippen molar-refractivity contribution in [1.82, 2.24) is 9.88 Å². The van der Waals surface area contributed by atoms with Gasteiger partial charge in [-0.15, -0.1) is 11.3 Å². The highest BCUT2D eigenvalue weighted by molar-refractivity contribution is 7.11. The average Bonchev–Trinajstić information content (AvgIpc) is 2.63. The largest absolute Gasteiger partial charge is 0.341 e. The highest BCUT2D eigenvalue weighted by Gasteiger charge is 2.13. The number of hydrogen-bond acceptors (Lipinski definition) is 4. The molecule has 4 nitrogen and oxygen atoms in total. The molecule has 90 valence electrons. The van der Waals surface area contributed by atoms with Gasteiger partial charge in [0.1, 0.15) is 0 Å². The molecule has 0 radical (unpaired) electrons. The van der Waals surface area contributed by atoms with Crippen molar-refractivity contribution in [1.29, 1.82) is 0 Å². The Labute approximate surface area is 100 Å². The standard InChI is InChI=1S/C11H19N3OS/c1-8(5-12)4-11(15)14(3)7-10-6-13-9(2)16-10/h6,8H,4-5,7,12H2,1-3H3. The molecule has 1 unspecified atom stereocenters. The van der Waals surface area contributed by atoms with Gasteiger partial charge < -0.3 is 10.6 Å². The fourth-order valence-corrected chi connectivity index (χ4v) is 2.19. The molecule has 0 fully saturated rings. The van der Waals surface area contributed by atoms with Crippen LogP contribution in [0.15, 0.2) is 6.20 Å². The van der Waals surface area contributed by atoms with Gasteiger partial charge in [0, 0.05) is 24.5 Å². The number of amides is 1. The van der Waals surface area contributed by atoms with Crippen LogP contribution in [0.4, 0.5) is 0 Å². The number of carbonyl (C=O) groups is 1. The molecule has 0 aliphatic carbocycles. The number of carbonyl (C=O) groups excluding carboxylic acids is 1. The molecule has 0 saturated heterocycles. The van der Waals surface area contributed by atoms with Crippen LogP contribution in [0.5, 0.6) is 0 Å². The van der Waals surface area contributed by atoms with Crippen molar-refractivity contribution in [2.45, 2.75) is 26.8 Å². The lowest BCUT2D eigenvalue weighted by molar-refractivity contribution is -0.131. The fourth-order valence-electron chi connectivity index (χ4n) is 1.34. The molecule has 0 bridgehead atoms. The van der Waals surface area contributed by atoms with Gasteiger partial charge in [-0.1, -0.05) is 6.92 Å². The summed E-state index contributed by atoms with van der Waals surface area (Å²) in [5.41, 5.74) is 5.50. The van der Waals surface area contributed by atoms with Crippen LogP contribution < -0.4 is 5.73 Å². The van der Waals surface area contributed by atoms with Gasteiger partial charge in [-0.25, -0.2) is 4.98 Å². The van der Waals surface area contributed by atoms with Crippen LogP contribution in [0.2, 0.25) is 0 Å². The summed E-state index contributed by atoms with van der Waals surface area (Å²) in [4.78, 5) is 18.8. The van der Waals surface area contributed by atoms with Gasteiger partial charge in [0.2, 0.25) is 5.91 Å². The summed E-state index contributed by atoms with van der Waals surface area (Å²) in [6.07, 6.45) is 2.35. The summed E-state index contributed by atoms with van der Waals surface area (Å²) in [5, 5.41) is 1.03. The number of hydrogen-bond donors (Lipinski definition) is 1. The van der Waals surface area contributed by atoms with Crippen LogP contribution >= 0.6 is 11.3 Å². The summed E-state index contributed by atoms with van der Waals surface area (Å²) in [7, 11) is 1.82. The summed E-state index contributed by atoms with van der Waals surface area (Å²) >= 11 is 1.63. The first-order valence-corrected chi connectivity index (χ1v) is 6.20. The minimum atomic E-state index is 0.143. The number of rotatable bonds is 5. The summed E-state index contributed by atoms with van der Waals surface area (Å²) in [6, 6.07) is 0. The minimum absolute atomic E-state index is 0.143. The Hall–Kier alpha value is -0.940. The van der Waals surface area contributed by atoms with Gasteiger partial charge >= 0.3 is 0 Å². The maximum Gasteiger partial charge on any atom is 0.222 e. The molecule has 5 heteroatoms. The first kappa shape index (κ1) is 13.1. The molecule has 0 aliphatic rings. The monoisotopic (exact) mass is 241 g/mol. The average molecular weight is 241 g/mol. The predicted octanol–water partition coefficient (Wildman–Crippen LogP) is 1.39. The van der Waals surface area contributed by atoms with Crippen LogP contribution in [-0.4, -0.2) is 29.4 Å². The highest BCUT2D eigenvalue weighted by Crippen LogP contribution is 2.14. The van der Waals surface area contributed by atoms with Crippen molar-refractivity contribution >= 4 is 17.2 Å². The van der Waals surface area contributed by atoms with Gasteiger partial charge in [-0.2, -0.15) is 0 Å². The van der Waals surface area contributed by atoms with E-state index in [0.29, 0.717) is 19.5 Å². The molecule has 0 aliphatic heterocycles. The maximum atomic E-state index is 11.8. The first-order chi connectivity index (χ1) is 7.52. The van der Waals surface area contributed by atoms with E-state index in [4.69, 9.17) is 5.73 Å². The van der Waals surface area contributed by atoms with E-state index in [0.717, 1.165) is 9.88 Å². The van der Waals surface area contributed by atoms with Gasteiger partial charge in [0.15, 0.2) is 0 Å². The lowest BCUT2D eigenvalue weighted by Gasteiger charge is -2.18. The molecule has 1 heterocycles. The summed E-state index contributed by atoms with van der Waals surface area (Å²) in [5.74, 6) is 0.391. The summed E-state index contributed by atoms with van der Waals surface area (Å²) < 4.78 is 0. The Balaban J connectivity index is 2.45. The number of nitrogens with two attached hydrogens (primary N) is 1. The molecule has 2 N–H and O–H groups in total. The van der Waals surface area contributed by atoms with Crippen molar-refractivity contribution in [2.75, 3.05) is 13.6 Å². The fraction of sp³-hybridized carbons (Fsp3) is 0.636.